The molecule has 0 aliphatic heterocycles. The molecule has 0 spiro atoms. The summed E-state index contributed by atoms with van der Waals surface area (Å²) in [4.78, 5) is 35.2. The summed E-state index contributed by atoms with van der Waals surface area (Å²) >= 11 is 3.34. The molecule has 0 aromatic heterocycles. The van der Waals surface area contributed by atoms with Gasteiger partial charge in [-0.25, -0.2) is 0 Å². The van der Waals surface area contributed by atoms with Gasteiger partial charge in [-0.1, -0.05) is 34.5 Å². The number of benzene rings is 2. The van der Waals surface area contributed by atoms with Crippen molar-refractivity contribution in [3.05, 3.63) is 64.1 Å². The van der Waals surface area contributed by atoms with Crippen LogP contribution in [0.3, 0.4) is 0 Å². The summed E-state index contributed by atoms with van der Waals surface area (Å²) < 4.78 is 5.50. The summed E-state index contributed by atoms with van der Waals surface area (Å²) in [7, 11) is 1.38. The summed E-state index contributed by atoms with van der Waals surface area (Å²) in [5.41, 5.74) is 2.12. The van der Waals surface area contributed by atoms with Crippen LogP contribution in [0.4, 0.5) is 5.69 Å². The lowest BCUT2D eigenvalue weighted by molar-refractivity contribution is -0.140. The van der Waals surface area contributed by atoms with Crippen molar-refractivity contribution in [3.8, 4) is 0 Å². The molecule has 0 unspecified atom stereocenters. The van der Waals surface area contributed by atoms with Gasteiger partial charge in [-0.3, -0.25) is 14.4 Å². The first kappa shape index (κ1) is 22.6. The van der Waals surface area contributed by atoms with Crippen molar-refractivity contribution < 1.29 is 19.1 Å². The number of halogens is 1. The Morgan fingerprint density at radius 3 is 2.28 bits per heavy atom. The van der Waals surface area contributed by atoms with Crippen LogP contribution in [0.2, 0.25) is 0 Å². The van der Waals surface area contributed by atoms with Gasteiger partial charge in [0.15, 0.2) is 0 Å². The highest BCUT2D eigenvalue weighted by Gasteiger charge is 2.07. The zero-order valence-electron chi connectivity index (χ0n) is 16.4. The van der Waals surface area contributed by atoms with E-state index in [0.717, 1.165) is 29.3 Å². The van der Waals surface area contributed by atoms with Crippen LogP contribution in [-0.4, -0.2) is 31.4 Å². The minimum absolute atomic E-state index is 0.0513. The first-order valence-electron chi connectivity index (χ1n) is 9.47. The molecule has 2 aromatic rings. The van der Waals surface area contributed by atoms with E-state index in [-0.39, 0.29) is 24.2 Å². The standard InChI is InChI=1S/C22H25BrN2O4/c1-29-21(27)5-3-2-4-14-24-20(26)15-16-6-12-19(13-7-16)25-22(28)17-8-10-18(23)11-9-17/h6-13H,2-5,14-15H2,1H3,(H,24,26)(H,25,28). The zero-order valence-corrected chi connectivity index (χ0v) is 18.0. The maximum Gasteiger partial charge on any atom is 0.305 e. The number of ether oxygens (including phenoxy) is 1. The molecule has 29 heavy (non-hydrogen) atoms. The minimum atomic E-state index is -0.203. The molecule has 0 heterocycles. The number of esters is 1. The monoisotopic (exact) mass is 460 g/mol. The summed E-state index contributed by atoms with van der Waals surface area (Å²) in [6.07, 6.45) is 3.14. The average Bonchev–Trinajstić information content (AvgIpc) is 2.72. The Bertz CT molecular complexity index is 820. The van der Waals surface area contributed by atoms with Crippen LogP contribution in [0.15, 0.2) is 53.0 Å². The fourth-order valence-electron chi connectivity index (χ4n) is 2.66. The van der Waals surface area contributed by atoms with Gasteiger partial charge >= 0.3 is 5.97 Å². The highest BCUT2D eigenvalue weighted by atomic mass is 79.9. The van der Waals surface area contributed by atoms with E-state index in [1.807, 2.05) is 24.3 Å². The van der Waals surface area contributed by atoms with Crippen molar-refractivity contribution >= 4 is 39.4 Å². The summed E-state index contributed by atoms with van der Waals surface area (Å²) in [5, 5.41) is 5.71. The van der Waals surface area contributed by atoms with Crippen molar-refractivity contribution in [1.29, 1.82) is 0 Å². The number of methoxy groups -OCH3 is 1. The van der Waals surface area contributed by atoms with Crippen molar-refractivity contribution in [3.63, 3.8) is 0 Å². The van der Waals surface area contributed by atoms with Crippen LogP contribution in [0.5, 0.6) is 0 Å². The number of carbonyl (C=O) groups excluding carboxylic acids is 3. The van der Waals surface area contributed by atoms with E-state index in [2.05, 4.69) is 31.3 Å². The molecule has 2 rings (SSSR count). The molecule has 0 aliphatic rings. The molecular formula is C22H25BrN2O4. The van der Waals surface area contributed by atoms with Crippen LogP contribution in [0, 0.1) is 0 Å². The smallest absolute Gasteiger partial charge is 0.305 e. The Labute approximate surface area is 179 Å². The van der Waals surface area contributed by atoms with E-state index in [4.69, 9.17) is 0 Å². The summed E-state index contributed by atoms with van der Waals surface area (Å²) in [6.45, 7) is 0.585. The van der Waals surface area contributed by atoms with Gasteiger partial charge in [0.2, 0.25) is 5.91 Å². The molecule has 154 valence electrons. The van der Waals surface area contributed by atoms with Crippen LogP contribution < -0.4 is 10.6 Å². The number of hydrogen-bond donors (Lipinski definition) is 2. The topological polar surface area (TPSA) is 84.5 Å². The van der Waals surface area contributed by atoms with Crippen LogP contribution >= 0.6 is 15.9 Å². The Morgan fingerprint density at radius 1 is 0.931 bits per heavy atom. The van der Waals surface area contributed by atoms with E-state index < -0.39 is 0 Å². The quantitative estimate of drug-likeness (QED) is 0.412. The Morgan fingerprint density at radius 2 is 1.62 bits per heavy atom. The Kier molecular flexibility index (Phi) is 9.37. The SMILES string of the molecule is COC(=O)CCCCCNC(=O)Cc1ccc(NC(=O)c2ccc(Br)cc2)cc1. The maximum absolute atomic E-state index is 12.2. The third kappa shape index (κ3) is 8.48. The molecule has 2 amide bonds. The number of unbranched alkanes of at least 4 members (excludes halogenated alkanes) is 2. The highest BCUT2D eigenvalue weighted by Crippen LogP contribution is 2.14. The fourth-order valence-corrected chi connectivity index (χ4v) is 2.92. The van der Waals surface area contributed by atoms with E-state index in [9.17, 15) is 14.4 Å². The predicted octanol–water partition coefficient (Wildman–Crippen LogP) is 4.09. The summed E-state index contributed by atoms with van der Waals surface area (Å²) in [6, 6.07) is 14.3. The molecule has 2 aromatic carbocycles. The van der Waals surface area contributed by atoms with Gasteiger partial charge in [0, 0.05) is 28.7 Å². The molecule has 0 aliphatic carbocycles. The van der Waals surface area contributed by atoms with Crippen LogP contribution in [0.25, 0.3) is 0 Å². The Hall–Kier alpha value is -2.67. The third-order valence-electron chi connectivity index (χ3n) is 4.29. The van der Waals surface area contributed by atoms with Gasteiger partial charge in [-0.2, -0.15) is 0 Å². The number of anilines is 1. The van der Waals surface area contributed by atoms with E-state index in [1.54, 1.807) is 24.3 Å². The van der Waals surface area contributed by atoms with Crippen molar-refractivity contribution in [2.45, 2.75) is 32.1 Å². The normalized spacial score (nSPS) is 10.3. The van der Waals surface area contributed by atoms with Gasteiger partial charge in [0.05, 0.1) is 13.5 Å². The van der Waals surface area contributed by atoms with Gasteiger partial charge in [-0.15, -0.1) is 0 Å². The molecule has 7 heteroatoms. The number of hydrogen-bond acceptors (Lipinski definition) is 4. The summed E-state index contributed by atoms with van der Waals surface area (Å²) in [5.74, 6) is -0.440. The minimum Gasteiger partial charge on any atom is -0.469 e. The maximum atomic E-state index is 12.2. The molecular weight excluding hydrogens is 436 g/mol. The van der Waals surface area contributed by atoms with Gasteiger partial charge in [0.1, 0.15) is 0 Å². The highest BCUT2D eigenvalue weighted by molar-refractivity contribution is 9.10. The second-order valence-electron chi connectivity index (χ2n) is 6.57. The Balaban J connectivity index is 1.70. The zero-order chi connectivity index (χ0) is 21.1. The van der Waals surface area contributed by atoms with E-state index in [1.165, 1.54) is 7.11 Å². The number of nitrogens with one attached hydrogen (secondary N) is 2. The molecule has 0 radical (unpaired) electrons. The molecule has 0 fully saturated rings. The van der Waals surface area contributed by atoms with Crippen molar-refractivity contribution in [2.24, 2.45) is 0 Å². The lowest BCUT2D eigenvalue weighted by atomic mass is 10.1. The number of carbonyl (C=O) groups is 3. The second kappa shape index (κ2) is 12.0. The largest absolute Gasteiger partial charge is 0.469 e. The van der Waals surface area contributed by atoms with E-state index >= 15 is 0 Å². The van der Waals surface area contributed by atoms with Gasteiger partial charge in [0.25, 0.3) is 5.91 Å². The fraction of sp³-hybridized carbons (Fsp3) is 0.318. The van der Waals surface area contributed by atoms with Crippen LogP contribution in [0.1, 0.15) is 41.6 Å². The van der Waals surface area contributed by atoms with Crippen molar-refractivity contribution in [2.75, 3.05) is 19.0 Å². The number of amides is 2. The lowest BCUT2D eigenvalue weighted by Crippen LogP contribution is -2.26. The number of rotatable bonds is 10. The first-order valence-corrected chi connectivity index (χ1v) is 10.3. The molecule has 0 atom stereocenters. The molecule has 0 bridgehead atoms. The van der Waals surface area contributed by atoms with E-state index in [0.29, 0.717) is 24.2 Å². The molecule has 2 N–H and O–H groups in total. The first-order chi connectivity index (χ1) is 14.0. The molecule has 6 nitrogen and oxygen atoms in total. The molecule has 0 saturated carbocycles. The van der Waals surface area contributed by atoms with Crippen molar-refractivity contribution in [1.82, 2.24) is 5.32 Å². The van der Waals surface area contributed by atoms with Gasteiger partial charge in [-0.05, 0) is 54.8 Å². The van der Waals surface area contributed by atoms with Crippen LogP contribution in [-0.2, 0) is 20.7 Å². The lowest BCUT2D eigenvalue weighted by Gasteiger charge is -2.08. The second-order valence-corrected chi connectivity index (χ2v) is 7.49. The predicted molar refractivity (Wildman–Crippen MR) is 116 cm³/mol. The molecule has 0 saturated heterocycles. The van der Waals surface area contributed by atoms with Gasteiger partial charge < -0.3 is 15.4 Å². The third-order valence-corrected chi connectivity index (χ3v) is 4.82. The average molecular weight is 461 g/mol.